The summed E-state index contributed by atoms with van der Waals surface area (Å²) in [4.78, 5) is 16.5. The molecule has 3 N–H and O–H groups in total. The predicted molar refractivity (Wildman–Crippen MR) is 125 cm³/mol. The summed E-state index contributed by atoms with van der Waals surface area (Å²) in [5, 5.41) is 9.48. The molecule has 0 heterocycles. The fraction of sp³-hybridized carbons (Fsp3) is 0.600. The van der Waals surface area contributed by atoms with Gasteiger partial charge in [0.2, 0.25) is 0 Å². The number of guanidine groups is 1. The topological polar surface area (TPSA) is 84.0 Å². The molecule has 0 atom stereocenters. The van der Waals surface area contributed by atoms with Crippen LogP contribution in [0.4, 0.5) is 0 Å². The highest BCUT2D eigenvalue weighted by Gasteiger charge is 2.15. The minimum Gasteiger partial charge on any atom is -0.382 e. The minimum atomic E-state index is -0.259. The van der Waals surface area contributed by atoms with Crippen molar-refractivity contribution in [3.63, 3.8) is 0 Å². The van der Waals surface area contributed by atoms with Crippen molar-refractivity contribution in [2.45, 2.75) is 39.3 Å². The van der Waals surface area contributed by atoms with E-state index in [1.165, 1.54) is 0 Å². The summed E-state index contributed by atoms with van der Waals surface area (Å²) >= 11 is 0. The number of aliphatic imine (C=N–C) groups is 1. The number of rotatable bonds is 10. The van der Waals surface area contributed by atoms with Crippen molar-refractivity contribution in [1.82, 2.24) is 16.0 Å². The molecule has 1 aromatic rings. The Morgan fingerprint density at radius 1 is 1.14 bits per heavy atom. The largest absolute Gasteiger partial charge is 0.382 e. The Hall–Kier alpha value is -1.39. The number of amides is 1. The van der Waals surface area contributed by atoms with E-state index in [0.29, 0.717) is 31.9 Å². The van der Waals surface area contributed by atoms with Gasteiger partial charge in [-0.05, 0) is 44.9 Å². The molecule has 160 valence electrons. The van der Waals surface area contributed by atoms with E-state index in [0.717, 1.165) is 24.5 Å². The van der Waals surface area contributed by atoms with Crippen molar-refractivity contribution in [3.05, 3.63) is 35.4 Å². The van der Waals surface area contributed by atoms with Gasteiger partial charge in [-0.1, -0.05) is 12.1 Å². The number of hydrogen-bond acceptors (Lipinski definition) is 4. The predicted octanol–water partition coefficient (Wildman–Crippen LogP) is 2.55. The summed E-state index contributed by atoms with van der Waals surface area (Å²) in [6.45, 7) is 9.16. The lowest BCUT2D eigenvalue weighted by Gasteiger charge is -2.20. The van der Waals surface area contributed by atoms with Gasteiger partial charge in [-0.3, -0.25) is 9.79 Å². The lowest BCUT2D eigenvalue weighted by atomic mass is 10.1. The number of nitrogens with one attached hydrogen (secondary N) is 3. The van der Waals surface area contributed by atoms with Crippen LogP contribution in [0.25, 0.3) is 0 Å². The Balaban J connectivity index is 0.00000729. The molecule has 0 aliphatic heterocycles. The molecule has 0 bridgehead atoms. The van der Waals surface area contributed by atoms with Gasteiger partial charge in [0.05, 0.1) is 13.2 Å². The summed E-state index contributed by atoms with van der Waals surface area (Å²) in [6, 6.07) is 7.59. The number of ether oxygens (including phenoxy) is 2. The lowest BCUT2D eigenvalue weighted by molar-refractivity contribution is 0.0698. The second-order valence-corrected chi connectivity index (χ2v) is 7.22. The van der Waals surface area contributed by atoms with E-state index < -0.39 is 0 Å². The maximum atomic E-state index is 12.3. The molecular weight excluding hydrogens is 471 g/mol. The molecule has 0 radical (unpaired) electrons. The Morgan fingerprint density at radius 2 is 1.89 bits per heavy atom. The SMILES string of the molecule is CN=C(NCCCOCCOC)NCc1cccc(C(=O)NC(C)(C)C)c1.I. The number of hydrogen-bond donors (Lipinski definition) is 3. The molecule has 1 aromatic carbocycles. The van der Waals surface area contributed by atoms with Crippen molar-refractivity contribution in [3.8, 4) is 0 Å². The molecule has 0 spiro atoms. The molecule has 0 aliphatic carbocycles. The van der Waals surface area contributed by atoms with Crippen LogP contribution in [0.1, 0.15) is 43.1 Å². The molecule has 0 fully saturated rings. The van der Waals surface area contributed by atoms with Gasteiger partial charge in [0, 0.05) is 45.0 Å². The molecule has 1 rings (SSSR count). The van der Waals surface area contributed by atoms with Crippen LogP contribution in [0.5, 0.6) is 0 Å². The number of carbonyl (C=O) groups excluding carboxylic acids is 1. The van der Waals surface area contributed by atoms with Crippen molar-refractivity contribution in [2.24, 2.45) is 4.99 Å². The number of methoxy groups -OCH3 is 1. The standard InChI is InChI=1S/C20H34N4O3.HI/c1-20(2,3)24-18(25)17-9-6-8-16(14-17)15-23-19(21-4)22-10-7-11-27-13-12-26-5;/h6,8-9,14H,7,10-13,15H2,1-5H3,(H,24,25)(H2,21,22,23);1H. The average molecular weight is 506 g/mol. The van der Waals surface area contributed by atoms with Crippen LogP contribution in [0.3, 0.4) is 0 Å². The van der Waals surface area contributed by atoms with Crippen LogP contribution in [0.2, 0.25) is 0 Å². The third-order valence-electron chi connectivity index (χ3n) is 3.55. The Labute approximate surface area is 186 Å². The quantitative estimate of drug-likeness (QED) is 0.197. The van der Waals surface area contributed by atoms with Crippen LogP contribution < -0.4 is 16.0 Å². The summed E-state index contributed by atoms with van der Waals surface area (Å²) in [7, 11) is 3.39. The Kier molecular flexibility index (Phi) is 13.9. The van der Waals surface area contributed by atoms with Crippen LogP contribution in [0, 0.1) is 0 Å². The molecule has 0 aromatic heterocycles. The number of benzene rings is 1. The van der Waals surface area contributed by atoms with E-state index >= 15 is 0 Å². The highest BCUT2D eigenvalue weighted by molar-refractivity contribution is 14.0. The molecule has 8 heteroatoms. The smallest absolute Gasteiger partial charge is 0.251 e. The Bertz CT molecular complexity index is 603. The number of halogens is 1. The van der Waals surface area contributed by atoms with E-state index in [2.05, 4.69) is 20.9 Å². The van der Waals surface area contributed by atoms with Gasteiger partial charge < -0.3 is 25.4 Å². The van der Waals surface area contributed by atoms with E-state index in [1.807, 2.05) is 45.0 Å². The van der Waals surface area contributed by atoms with E-state index in [-0.39, 0.29) is 35.4 Å². The van der Waals surface area contributed by atoms with Crippen molar-refractivity contribution >= 4 is 35.8 Å². The third-order valence-corrected chi connectivity index (χ3v) is 3.55. The van der Waals surface area contributed by atoms with Crippen molar-refractivity contribution in [1.29, 1.82) is 0 Å². The summed E-state index contributed by atoms with van der Waals surface area (Å²) in [5.74, 6) is 0.650. The lowest BCUT2D eigenvalue weighted by Crippen LogP contribution is -2.40. The first-order valence-corrected chi connectivity index (χ1v) is 9.28. The first kappa shape index (κ1) is 26.6. The van der Waals surface area contributed by atoms with Crippen LogP contribution >= 0.6 is 24.0 Å². The molecule has 0 unspecified atom stereocenters. The van der Waals surface area contributed by atoms with Crippen molar-refractivity contribution < 1.29 is 14.3 Å². The first-order chi connectivity index (χ1) is 12.9. The third kappa shape index (κ3) is 12.1. The maximum Gasteiger partial charge on any atom is 0.251 e. The first-order valence-electron chi connectivity index (χ1n) is 9.28. The van der Waals surface area contributed by atoms with Crippen molar-refractivity contribution in [2.75, 3.05) is 40.5 Å². The highest BCUT2D eigenvalue weighted by Crippen LogP contribution is 2.08. The number of nitrogens with zero attached hydrogens (tertiary/aromatic N) is 1. The molecule has 0 saturated heterocycles. The fourth-order valence-electron chi connectivity index (χ4n) is 2.27. The molecule has 1 amide bonds. The Morgan fingerprint density at radius 3 is 2.54 bits per heavy atom. The maximum absolute atomic E-state index is 12.3. The van der Waals surface area contributed by atoms with Crippen LogP contribution in [-0.4, -0.2) is 57.9 Å². The number of carbonyl (C=O) groups is 1. The molecule has 7 nitrogen and oxygen atoms in total. The van der Waals surface area contributed by atoms with Gasteiger partial charge in [-0.15, -0.1) is 24.0 Å². The molecular formula is C20H35IN4O3. The van der Waals surface area contributed by atoms with Crippen LogP contribution in [-0.2, 0) is 16.0 Å². The van der Waals surface area contributed by atoms with Gasteiger partial charge in [-0.25, -0.2) is 0 Å². The second-order valence-electron chi connectivity index (χ2n) is 7.22. The zero-order chi connectivity index (χ0) is 20.1. The normalized spacial score (nSPS) is 11.5. The summed E-state index contributed by atoms with van der Waals surface area (Å²) < 4.78 is 10.4. The van der Waals surface area contributed by atoms with E-state index in [9.17, 15) is 4.79 Å². The molecule has 0 saturated carbocycles. The van der Waals surface area contributed by atoms with Gasteiger partial charge in [0.25, 0.3) is 5.91 Å². The molecule has 0 aliphatic rings. The van der Waals surface area contributed by atoms with Gasteiger partial charge >= 0.3 is 0 Å². The van der Waals surface area contributed by atoms with Gasteiger partial charge in [0.1, 0.15) is 0 Å². The molecule has 28 heavy (non-hydrogen) atoms. The van der Waals surface area contributed by atoms with Gasteiger partial charge in [0.15, 0.2) is 5.96 Å². The zero-order valence-electron chi connectivity index (χ0n) is 17.6. The summed E-state index contributed by atoms with van der Waals surface area (Å²) in [5.41, 5.74) is 1.41. The van der Waals surface area contributed by atoms with Crippen LogP contribution in [0.15, 0.2) is 29.3 Å². The summed E-state index contributed by atoms with van der Waals surface area (Å²) in [6.07, 6.45) is 0.882. The van der Waals surface area contributed by atoms with E-state index in [1.54, 1.807) is 14.2 Å². The second kappa shape index (κ2) is 14.6. The zero-order valence-corrected chi connectivity index (χ0v) is 20.0. The fourth-order valence-corrected chi connectivity index (χ4v) is 2.27. The van der Waals surface area contributed by atoms with Gasteiger partial charge in [-0.2, -0.15) is 0 Å². The highest BCUT2D eigenvalue weighted by atomic mass is 127. The van der Waals surface area contributed by atoms with E-state index in [4.69, 9.17) is 9.47 Å². The monoisotopic (exact) mass is 506 g/mol. The minimum absolute atomic E-state index is 0. The average Bonchev–Trinajstić information content (AvgIpc) is 2.62.